The number of ether oxygens (including phenoxy) is 2. The molecule has 2 heterocycles. The number of aromatic nitrogens is 1. The van der Waals surface area contributed by atoms with E-state index in [1.807, 2.05) is 0 Å². The number of pyridine rings is 1. The molecule has 214 valence electrons. The summed E-state index contributed by atoms with van der Waals surface area (Å²) in [4.78, 5) is 54.6. The summed E-state index contributed by atoms with van der Waals surface area (Å²) < 4.78 is 55.6. The fourth-order valence-electron chi connectivity index (χ4n) is 3.11. The van der Waals surface area contributed by atoms with Crippen LogP contribution in [0.1, 0.15) is 6.23 Å². The lowest BCUT2D eigenvalue weighted by Gasteiger charge is -2.33. The van der Waals surface area contributed by atoms with Crippen molar-refractivity contribution in [3.8, 4) is 5.75 Å². The zero-order valence-corrected chi connectivity index (χ0v) is 22.6. The Balaban J connectivity index is 0.00000432. The summed E-state index contributed by atoms with van der Waals surface area (Å²) in [5.74, 6) is 0.377. The second-order valence-corrected chi connectivity index (χ2v) is 11.1. The molecule has 0 bridgehead atoms. The Hall–Kier alpha value is -1.60. The smallest absolute Gasteiger partial charge is 0.280 e. The van der Waals surface area contributed by atoms with Crippen molar-refractivity contribution in [3.63, 3.8) is 0 Å². The van der Waals surface area contributed by atoms with E-state index < -0.39 is 60.2 Å². The fourth-order valence-corrected chi connectivity index (χ4v) is 6.01. The first-order valence-corrected chi connectivity index (χ1v) is 13.5. The molecule has 0 saturated carbocycles. The number of quaternary nitrogens is 3. The monoisotopic (exact) mass is 598 g/mol. The standard InChI is InChI=1S/C15H20NO15P3.3H3N/c1-27-9-3-2-8-4-5-16(14(19)10(8)6-9)15-13(18)12(17)11(29-15)7-28-33(23,24)31-34(25,26)30-32(20,21)22;;;/h2-6,11-13,15,17-18H,7H2,1H3,(H,23,24)(H,25,26)(H2,20,21,22);3*1H3/t11-,12-,13-,15-;;;/m1.../s1. The molecule has 19 nitrogen and oxygen atoms in total. The number of hydrogen-bond donors (Lipinski definition) is 6. The number of aliphatic hydroxyl groups excluding tert-OH is 2. The van der Waals surface area contributed by atoms with Crippen LogP contribution in [-0.4, -0.2) is 51.7 Å². The molecule has 3 rings (SSSR count). The van der Waals surface area contributed by atoms with Crippen molar-refractivity contribution < 1.29 is 66.1 Å². The first-order valence-electron chi connectivity index (χ1n) is 9.06. The van der Waals surface area contributed by atoms with Gasteiger partial charge >= 0.3 is 0 Å². The van der Waals surface area contributed by atoms with Gasteiger partial charge in [-0.2, -0.15) is 0 Å². The Bertz CT molecular complexity index is 1270. The fraction of sp³-hybridized carbons (Fsp3) is 0.400. The molecule has 0 spiro atoms. The maximum absolute atomic E-state index is 12.9. The lowest BCUT2D eigenvalue weighted by Crippen LogP contribution is -2.35. The van der Waals surface area contributed by atoms with Crippen molar-refractivity contribution in [2.75, 3.05) is 13.7 Å². The maximum Gasteiger partial charge on any atom is 0.280 e. The van der Waals surface area contributed by atoms with Crippen molar-refractivity contribution in [3.05, 3.63) is 40.8 Å². The lowest BCUT2D eigenvalue weighted by molar-refractivity contribution is -0.250. The maximum atomic E-state index is 12.9. The summed E-state index contributed by atoms with van der Waals surface area (Å²) in [5.41, 5.74) is -0.637. The highest BCUT2D eigenvalue weighted by Crippen LogP contribution is 2.61. The third-order valence-corrected chi connectivity index (χ3v) is 8.24. The summed E-state index contributed by atoms with van der Waals surface area (Å²) in [6.45, 7) is -1.11. The minimum Gasteiger partial charge on any atom is -0.756 e. The highest BCUT2D eigenvalue weighted by Gasteiger charge is 2.44. The zero-order chi connectivity index (χ0) is 25.5. The molecule has 37 heavy (non-hydrogen) atoms. The van der Waals surface area contributed by atoms with Crippen molar-refractivity contribution in [1.82, 2.24) is 23.0 Å². The van der Waals surface area contributed by atoms with Gasteiger partial charge in [0.25, 0.3) is 29.0 Å². The molecule has 1 aliphatic rings. The van der Waals surface area contributed by atoms with Crippen LogP contribution < -0.4 is 43.4 Å². The van der Waals surface area contributed by atoms with Gasteiger partial charge in [0.2, 0.25) is 0 Å². The van der Waals surface area contributed by atoms with E-state index in [0.29, 0.717) is 11.1 Å². The Morgan fingerprint density at radius 3 is 2.19 bits per heavy atom. The third kappa shape index (κ3) is 8.71. The molecule has 3 unspecified atom stereocenters. The van der Waals surface area contributed by atoms with E-state index in [9.17, 15) is 43.4 Å². The molecule has 15 N–H and O–H groups in total. The van der Waals surface area contributed by atoms with Gasteiger partial charge in [0.05, 0.1) is 19.1 Å². The first-order chi connectivity index (χ1) is 15.6. The van der Waals surface area contributed by atoms with Gasteiger partial charge in [-0.05, 0) is 23.6 Å². The van der Waals surface area contributed by atoms with E-state index in [-0.39, 0.29) is 23.8 Å². The molecule has 1 aromatic heterocycles. The Kier molecular flexibility index (Phi) is 12.4. The predicted octanol–water partition coefficient (Wildman–Crippen LogP) is -0.795. The van der Waals surface area contributed by atoms with Crippen molar-refractivity contribution >= 4 is 34.2 Å². The van der Waals surface area contributed by atoms with E-state index >= 15 is 0 Å². The molecule has 1 fully saturated rings. The summed E-state index contributed by atoms with van der Waals surface area (Å²) in [6, 6.07) is 6.19. The molecule has 7 atom stereocenters. The summed E-state index contributed by atoms with van der Waals surface area (Å²) in [5, 5.41) is 21.2. The van der Waals surface area contributed by atoms with Crippen molar-refractivity contribution in [2.24, 2.45) is 0 Å². The van der Waals surface area contributed by atoms with E-state index in [4.69, 9.17) is 14.4 Å². The van der Waals surface area contributed by atoms with Crippen molar-refractivity contribution in [2.45, 2.75) is 24.5 Å². The SMILES string of the molecule is COc1ccc2ccn([C@@H]3O[C@H](COP(=O)([O-])OP(=O)([O-])OP(=O)([O-])O)[C@@H](O)[C@H]3O)c(=O)c2c1.[NH4+].[NH4+].[NH4+]. The van der Waals surface area contributed by atoms with Crippen LogP contribution in [-0.2, 0) is 31.6 Å². The first kappa shape index (κ1) is 35.4. The van der Waals surface area contributed by atoms with Gasteiger partial charge in [0, 0.05) is 6.20 Å². The van der Waals surface area contributed by atoms with Crippen LogP contribution in [0.25, 0.3) is 10.8 Å². The van der Waals surface area contributed by atoms with Crippen LogP contribution in [0.15, 0.2) is 35.3 Å². The van der Waals surface area contributed by atoms with Gasteiger partial charge in [0.1, 0.15) is 24.1 Å². The molecule has 22 heteroatoms. The molecule has 1 saturated heterocycles. The molecule has 1 aliphatic heterocycles. The van der Waals surface area contributed by atoms with Crippen LogP contribution in [0.5, 0.6) is 5.75 Å². The van der Waals surface area contributed by atoms with Gasteiger partial charge < -0.3 is 62.2 Å². The second kappa shape index (κ2) is 13.0. The number of methoxy groups -OCH3 is 1. The molecular weight excluding hydrogens is 569 g/mol. The number of phosphoric ester groups is 1. The summed E-state index contributed by atoms with van der Waals surface area (Å²) in [6.07, 6.45) is -5.37. The molecular formula is C15H29N4O15P3. The van der Waals surface area contributed by atoms with Gasteiger partial charge in [-0.15, -0.1) is 0 Å². The molecule has 0 aliphatic carbocycles. The second-order valence-electron chi connectivity index (χ2n) is 6.85. The van der Waals surface area contributed by atoms with Crippen LogP contribution in [0, 0.1) is 0 Å². The molecule has 1 aromatic carbocycles. The highest BCUT2D eigenvalue weighted by molar-refractivity contribution is 7.65. The molecule has 0 amide bonds. The van der Waals surface area contributed by atoms with E-state index in [1.165, 1.54) is 25.4 Å². The third-order valence-electron chi connectivity index (χ3n) is 4.55. The van der Waals surface area contributed by atoms with Crippen LogP contribution in [0.4, 0.5) is 0 Å². The predicted molar refractivity (Wildman–Crippen MR) is 122 cm³/mol. The minimum absolute atomic E-state index is 0. The van der Waals surface area contributed by atoms with E-state index in [2.05, 4.69) is 13.1 Å². The molecule has 2 aromatic rings. The van der Waals surface area contributed by atoms with Crippen LogP contribution in [0.3, 0.4) is 0 Å². The number of aliphatic hydroxyl groups is 2. The Morgan fingerprint density at radius 1 is 1.00 bits per heavy atom. The number of fused-ring (bicyclic) bond motifs is 1. The van der Waals surface area contributed by atoms with Gasteiger partial charge in [-0.3, -0.25) is 23.1 Å². The summed E-state index contributed by atoms with van der Waals surface area (Å²) in [7, 11) is -16.4. The number of benzene rings is 1. The highest BCUT2D eigenvalue weighted by atomic mass is 31.3. The van der Waals surface area contributed by atoms with Gasteiger partial charge in [-0.1, -0.05) is 6.07 Å². The van der Waals surface area contributed by atoms with Crippen molar-refractivity contribution in [1.29, 1.82) is 0 Å². The largest absolute Gasteiger partial charge is 0.756 e. The average molecular weight is 598 g/mol. The average Bonchev–Trinajstić information content (AvgIpc) is 2.98. The number of rotatable bonds is 9. The van der Waals surface area contributed by atoms with Gasteiger partial charge in [0.15, 0.2) is 6.23 Å². The zero-order valence-electron chi connectivity index (χ0n) is 19.9. The van der Waals surface area contributed by atoms with Crippen LogP contribution >= 0.6 is 23.5 Å². The number of hydrogen-bond acceptors (Lipinski definition) is 14. The van der Waals surface area contributed by atoms with E-state index in [0.717, 1.165) is 4.57 Å². The molecule has 0 radical (unpaired) electrons. The van der Waals surface area contributed by atoms with E-state index in [1.54, 1.807) is 12.1 Å². The minimum atomic E-state index is -6.11. The normalized spacial score (nSPS) is 25.9. The number of nitrogens with zero attached hydrogens (tertiary/aromatic N) is 1. The Morgan fingerprint density at radius 2 is 1.62 bits per heavy atom. The topological polar surface area (TPSA) is 359 Å². The number of phosphoric acid groups is 3. The van der Waals surface area contributed by atoms with Gasteiger partial charge in [-0.25, -0.2) is 8.62 Å². The quantitative estimate of drug-likeness (QED) is 0.192. The van der Waals surface area contributed by atoms with Crippen LogP contribution in [0.2, 0.25) is 0 Å². The summed E-state index contributed by atoms with van der Waals surface area (Å²) >= 11 is 0. The Labute approximate surface area is 208 Å². The lowest BCUT2D eigenvalue weighted by atomic mass is 10.1.